The number of aromatic nitrogens is 4. The quantitative estimate of drug-likeness (QED) is 0.871. The van der Waals surface area contributed by atoms with Crippen molar-refractivity contribution in [1.29, 1.82) is 0 Å². The predicted octanol–water partition coefficient (Wildman–Crippen LogP) is 0.614. The standard InChI is InChI=1S/C13H17N5O/c1-18-12-4-6-15-11(13(12)16-17-18)9-19-8-10-3-2-5-14-7-10/h2-3,5,7,11,15H,4,6,8-9H2,1H3. The number of nitrogens with zero attached hydrogens (tertiary/aromatic N) is 4. The molecule has 6 heteroatoms. The third-order valence-electron chi connectivity index (χ3n) is 3.33. The highest BCUT2D eigenvalue weighted by atomic mass is 16.5. The number of rotatable bonds is 4. The molecular formula is C13H17N5O. The SMILES string of the molecule is Cn1nnc2c1CCNC2COCc1cccnc1. The lowest BCUT2D eigenvalue weighted by Gasteiger charge is -2.22. The lowest BCUT2D eigenvalue weighted by molar-refractivity contribution is 0.0956. The maximum absolute atomic E-state index is 5.75. The van der Waals surface area contributed by atoms with Crippen molar-refractivity contribution in [2.24, 2.45) is 7.05 Å². The molecular weight excluding hydrogens is 242 g/mol. The molecule has 1 atom stereocenters. The van der Waals surface area contributed by atoms with Gasteiger partial charge < -0.3 is 10.1 Å². The Kier molecular flexibility index (Phi) is 3.52. The molecule has 0 amide bonds. The van der Waals surface area contributed by atoms with Crippen LogP contribution in [-0.2, 0) is 24.8 Å². The van der Waals surface area contributed by atoms with E-state index in [9.17, 15) is 0 Å². The van der Waals surface area contributed by atoms with Crippen LogP contribution in [0, 0.1) is 0 Å². The summed E-state index contributed by atoms with van der Waals surface area (Å²) in [5, 5.41) is 11.7. The van der Waals surface area contributed by atoms with E-state index in [4.69, 9.17) is 4.74 Å². The first-order valence-electron chi connectivity index (χ1n) is 6.43. The van der Waals surface area contributed by atoms with Gasteiger partial charge in [-0.1, -0.05) is 11.3 Å². The molecule has 3 rings (SSSR count). The van der Waals surface area contributed by atoms with Crippen molar-refractivity contribution in [2.45, 2.75) is 19.1 Å². The first kappa shape index (κ1) is 12.3. The Morgan fingerprint density at radius 1 is 1.53 bits per heavy atom. The minimum absolute atomic E-state index is 0.133. The molecule has 1 aliphatic rings. The van der Waals surface area contributed by atoms with Gasteiger partial charge in [0.25, 0.3) is 0 Å². The first-order valence-corrected chi connectivity index (χ1v) is 6.43. The second kappa shape index (κ2) is 5.46. The van der Waals surface area contributed by atoms with Crippen LogP contribution in [0.5, 0.6) is 0 Å². The van der Waals surface area contributed by atoms with Gasteiger partial charge in [0.15, 0.2) is 0 Å². The molecule has 6 nitrogen and oxygen atoms in total. The molecule has 0 aliphatic carbocycles. The molecule has 0 spiro atoms. The molecule has 0 aromatic carbocycles. The monoisotopic (exact) mass is 259 g/mol. The third kappa shape index (κ3) is 2.64. The molecule has 19 heavy (non-hydrogen) atoms. The number of nitrogens with one attached hydrogen (secondary N) is 1. The van der Waals surface area contributed by atoms with E-state index in [-0.39, 0.29) is 6.04 Å². The van der Waals surface area contributed by atoms with Crippen molar-refractivity contribution >= 4 is 0 Å². The van der Waals surface area contributed by atoms with E-state index in [0.29, 0.717) is 13.2 Å². The lowest BCUT2D eigenvalue weighted by Crippen LogP contribution is -2.33. The van der Waals surface area contributed by atoms with E-state index in [0.717, 1.165) is 24.2 Å². The number of pyridine rings is 1. The highest BCUT2D eigenvalue weighted by molar-refractivity contribution is 5.18. The van der Waals surface area contributed by atoms with Crippen molar-refractivity contribution in [2.75, 3.05) is 13.2 Å². The molecule has 1 aliphatic heterocycles. The molecule has 1 N–H and O–H groups in total. The average molecular weight is 259 g/mol. The second-order valence-corrected chi connectivity index (χ2v) is 4.68. The van der Waals surface area contributed by atoms with Crippen molar-refractivity contribution in [1.82, 2.24) is 25.3 Å². The highest BCUT2D eigenvalue weighted by Gasteiger charge is 2.24. The number of fused-ring (bicyclic) bond motifs is 1. The van der Waals surface area contributed by atoms with E-state index < -0.39 is 0 Å². The molecule has 3 heterocycles. The number of hydrogen-bond donors (Lipinski definition) is 1. The molecule has 0 saturated heterocycles. The summed E-state index contributed by atoms with van der Waals surface area (Å²) < 4.78 is 7.60. The number of ether oxygens (including phenoxy) is 1. The lowest BCUT2D eigenvalue weighted by atomic mass is 10.1. The number of hydrogen-bond acceptors (Lipinski definition) is 5. The van der Waals surface area contributed by atoms with Gasteiger partial charge in [-0.25, -0.2) is 0 Å². The average Bonchev–Trinajstić information content (AvgIpc) is 2.83. The van der Waals surface area contributed by atoms with Gasteiger partial charge in [-0.2, -0.15) is 0 Å². The molecule has 1 unspecified atom stereocenters. The Morgan fingerprint density at radius 3 is 3.32 bits per heavy atom. The molecule has 2 aromatic rings. The highest BCUT2D eigenvalue weighted by Crippen LogP contribution is 2.20. The molecule has 2 aromatic heterocycles. The minimum atomic E-state index is 0.133. The van der Waals surface area contributed by atoms with Gasteiger partial charge in [-0.05, 0) is 11.6 Å². The molecule has 0 saturated carbocycles. The smallest absolute Gasteiger partial charge is 0.105 e. The van der Waals surface area contributed by atoms with Crippen molar-refractivity contribution in [3.05, 3.63) is 41.5 Å². The fraction of sp³-hybridized carbons (Fsp3) is 0.462. The zero-order valence-corrected chi connectivity index (χ0v) is 10.9. The first-order chi connectivity index (χ1) is 9.34. The van der Waals surface area contributed by atoms with E-state index in [1.807, 2.05) is 30.1 Å². The maximum Gasteiger partial charge on any atom is 0.105 e. The third-order valence-corrected chi connectivity index (χ3v) is 3.33. The fourth-order valence-corrected chi connectivity index (χ4v) is 2.33. The molecule has 0 fully saturated rings. The summed E-state index contributed by atoms with van der Waals surface area (Å²) in [7, 11) is 1.94. The van der Waals surface area contributed by atoms with Crippen molar-refractivity contribution < 1.29 is 4.74 Å². The van der Waals surface area contributed by atoms with Gasteiger partial charge in [0.1, 0.15) is 5.69 Å². The van der Waals surface area contributed by atoms with E-state index in [1.165, 1.54) is 5.69 Å². The fourth-order valence-electron chi connectivity index (χ4n) is 2.33. The van der Waals surface area contributed by atoms with Gasteiger partial charge in [-0.15, -0.1) is 5.10 Å². The van der Waals surface area contributed by atoms with Crippen LogP contribution in [0.3, 0.4) is 0 Å². The zero-order valence-electron chi connectivity index (χ0n) is 10.9. The summed E-state index contributed by atoms with van der Waals surface area (Å²) in [5.74, 6) is 0. The van der Waals surface area contributed by atoms with Gasteiger partial charge in [-0.3, -0.25) is 9.67 Å². The van der Waals surface area contributed by atoms with E-state index >= 15 is 0 Å². The van der Waals surface area contributed by atoms with E-state index in [2.05, 4.69) is 20.6 Å². The maximum atomic E-state index is 5.75. The Morgan fingerprint density at radius 2 is 2.47 bits per heavy atom. The molecule has 0 radical (unpaired) electrons. The second-order valence-electron chi connectivity index (χ2n) is 4.68. The van der Waals surface area contributed by atoms with Crippen LogP contribution in [0.1, 0.15) is 23.0 Å². The van der Waals surface area contributed by atoms with Gasteiger partial charge >= 0.3 is 0 Å². The molecule has 0 bridgehead atoms. The number of aryl methyl sites for hydroxylation is 1. The Labute approximate surface area is 111 Å². The summed E-state index contributed by atoms with van der Waals surface area (Å²) in [6.45, 7) is 2.11. The van der Waals surface area contributed by atoms with Crippen LogP contribution in [0.15, 0.2) is 24.5 Å². The minimum Gasteiger partial charge on any atom is -0.375 e. The van der Waals surface area contributed by atoms with Crippen LogP contribution < -0.4 is 5.32 Å². The Bertz CT molecular complexity index is 539. The zero-order chi connectivity index (χ0) is 13.1. The Hall–Kier alpha value is -1.79. The summed E-state index contributed by atoms with van der Waals surface area (Å²) in [6.07, 6.45) is 4.55. The van der Waals surface area contributed by atoms with Crippen molar-refractivity contribution in [3.8, 4) is 0 Å². The summed E-state index contributed by atoms with van der Waals surface area (Å²) in [6, 6.07) is 4.06. The van der Waals surface area contributed by atoms with Crippen LogP contribution in [0.4, 0.5) is 0 Å². The van der Waals surface area contributed by atoms with E-state index in [1.54, 1.807) is 6.20 Å². The van der Waals surface area contributed by atoms with Crippen LogP contribution in [0.25, 0.3) is 0 Å². The van der Waals surface area contributed by atoms with Crippen LogP contribution >= 0.6 is 0 Å². The summed E-state index contributed by atoms with van der Waals surface area (Å²) in [4.78, 5) is 4.07. The van der Waals surface area contributed by atoms with Crippen molar-refractivity contribution in [3.63, 3.8) is 0 Å². The summed E-state index contributed by atoms with van der Waals surface area (Å²) in [5.41, 5.74) is 3.30. The largest absolute Gasteiger partial charge is 0.375 e. The predicted molar refractivity (Wildman–Crippen MR) is 69.3 cm³/mol. The van der Waals surface area contributed by atoms with Gasteiger partial charge in [0.05, 0.1) is 24.9 Å². The summed E-state index contributed by atoms with van der Waals surface area (Å²) >= 11 is 0. The molecule has 100 valence electrons. The van der Waals surface area contributed by atoms with Crippen LogP contribution in [-0.4, -0.2) is 33.1 Å². The van der Waals surface area contributed by atoms with Gasteiger partial charge in [0.2, 0.25) is 0 Å². The topological polar surface area (TPSA) is 64.9 Å². The normalized spacial score (nSPS) is 18.3. The van der Waals surface area contributed by atoms with Crippen LogP contribution in [0.2, 0.25) is 0 Å². The van der Waals surface area contributed by atoms with Gasteiger partial charge in [0, 0.05) is 32.4 Å². The Balaban J connectivity index is 1.59.